The maximum atomic E-state index is 9.94. The van der Waals surface area contributed by atoms with Crippen molar-refractivity contribution in [2.24, 2.45) is 0 Å². The average molecular weight is 543 g/mol. The lowest BCUT2D eigenvalue weighted by atomic mass is 9.79. The number of fused-ring (bicyclic) bond motifs is 1. The SMILES string of the molecule is CCN(c1cc(OC)ccc1[C@@H]1CCc2cc(O)ccc2C1)C(C)c1ccc(OCCN2CCCCCC2)cc1. The molecule has 1 aliphatic carbocycles. The number of anilines is 1. The molecule has 0 amide bonds. The smallest absolute Gasteiger partial charge is 0.120 e. The minimum absolute atomic E-state index is 0.204. The number of rotatable bonds is 10. The summed E-state index contributed by atoms with van der Waals surface area (Å²) >= 11 is 0. The van der Waals surface area contributed by atoms with Gasteiger partial charge in [0.25, 0.3) is 0 Å². The van der Waals surface area contributed by atoms with E-state index >= 15 is 0 Å². The fourth-order valence-electron chi connectivity index (χ4n) is 6.58. The summed E-state index contributed by atoms with van der Waals surface area (Å²) in [5, 5.41) is 9.94. The van der Waals surface area contributed by atoms with Crippen molar-refractivity contribution in [1.82, 2.24) is 4.90 Å². The molecule has 0 spiro atoms. The lowest BCUT2D eigenvalue weighted by molar-refractivity contribution is 0.214. The minimum Gasteiger partial charge on any atom is -0.508 e. The normalized spacial score (nSPS) is 18.4. The highest BCUT2D eigenvalue weighted by molar-refractivity contribution is 5.61. The van der Waals surface area contributed by atoms with Crippen molar-refractivity contribution in [2.45, 2.75) is 70.8 Å². The number of methoxy groups -OCH3 is 1. The van der Waals surface area contributed by atoms with Crippen molar-refractivity contribution in [2.75, 3.05) is 44.8 Å². The van der Waals surface area contributed by atoms with Gasteiger partial charge in [-0.15, -0.1) is 0 Å². The van der Waals surface area contributed by atoms with Crippen LogP contribution < -0.4 is 14.4 Å². The second-order valence-electron chi connectivity index (χ2n) is 11.5. The Labute approximate surface area is 240 Å². The third kappa shape index (κ3) is 6.75. The van der Waals surface area contributed by atoms with E-state index in [1.807, 2.05) is 12.1 Å². The van der Waals surface area contributed by atoms with Crippen LogP contribution in [0, 0.1) is 0 Å². The highest BCUT2D eigenvalue weighted by Crippen LogP contribution is 2.41. The summed E-state index contributed by atoms with van der Waals surface area (Å²) in [5.41, 5.74) is 6.53. The second-order valence-corrected chi connectivity index (χ2v) is 11.5. The lowest BCUT2D eigenvalue weighted by Gasteiger charge is -2.35. The van der Waals surface area contributed by atoms with Crippen molar-refractivity contribution in [3.8, 4) is 17.2 Å². The predicted molar refractivity (Wildman–Crippen MR) is 164 cm³/mol. The molecule has 3 aromatic rings. The minimum atomic E-state index is 0.204. The van der Waals surface area contributed by atoms with E-state index in [4.69, 9.17) is 9.47 Å². The molecule has 2 atom stereocenters. The Morgan fingerprint density at radius 1 is 0.925 bits per heavy atom. The molecule has 0 bridgehead atoms. The molecule has 2 aliphatic rings. The Balaban J connectivity index is 1.30. The van der Waals surface area contributed by atoms with E-state index in [1.165, 1.54) is 66.7 Å². The van der Waals surface area contributed by atoms with Crippen LogP contribution in [-0.4, -0.2) is 49.9 Å². The molecule has 1 saturated heterocycles. The molecule has 214 valence electrons. The van der Waals surface area contributed by atoms with E-state index in [0.717, 1.165) is 50.5 Å². The van der Waals surface area contributed by atoms with Gasteiger partial charge < -0.3 is 19.5 Å². The molecular formula is C35H46N2O3. The van der Waals surface area contributed by atoms with Crippen LogP contribution in [0.2, 0.25) is 0 Å². The quantitative estimate of drug-likeness (QED) is 0.287. The van der Waals surface area contributed by atoms with Gasteiger partial charge in [0.05, 0.1) is 13.2 Å². The number of hydrogen-bond acceptors (Lipinski definition) is 5. The summed E-state index contributed by atoms with van der Waals surface area (Å²) in [6, 6.07) is 21.3. The summed E-state index contributed by atoms with van der Waals surface area (Å²) in [7, 11) is 1.74. The molecule has 5 heteroatoms. The van der Waals surface area contributed by atoms with Crippen LogP contribution in [-0.2, 0) is 12.8 Å². The molecule has 1 heterocycles. The van der Waals surface area contributed by atoms with Crippen LogP contribution in [0.3, 0.4) is 0 Å². The van der Waals surface area contributed by atoms with Crippen LogP contribution in [0.25, 0.3) is 0 Å². The lowest BCUT2D eigenvalue weighted by Crippen LogP contribution is -2.29. The number of likely N-dealkylation sites (tertiary alicyclic amines) is 1. The molecule has 5 rings (SSSR count). The molecule has 5 nitrogen and oxygen atoms in total. The summed E-state index contributed by atoms with van der Waals surface area (Å²) in [4.78, 5) is 5.04. The van der Waals surface area contributed by atoms with E-state index in [2.05, 4.69) is 72.2 Å². The molecule has 3 aromatic carbocycles. The predicted octanol–water partition coefficient (Wildman–Crippen LogP) is 7.52. The zero-order chi connectivity index (χ0) is 27.9. The largest absolute Gasteiger partial charge is 0.508 e. The van der Waals surface area contributed by atoms with Crippen LogP contribution in [0.5, 0.6) is 17.2 Å². The van der Waals surface area contributed by atoms with Gasteiger partial charge in [0, 0.05) is 24.8 Å². The molecule has 0 saturated carbocycles. The van der Waals surface area contributed by atoms with Crippen molar-refractivity contribution < 1.29 is 14.6 Å². The summed E-state index contributed by atoms with van der Waals surface area (Å²) in [5.74, 6) is 2.63. The van der Waals surface area contributed by atoms with Gasteiger partial charge in [0.15, 0.2) is 0 Å². The van der Waals surface area contributed by atoms with Crippen molar-refractivity contribution in [1.29, 1.82) is 0 Å². The van der Waals surface area contributed by atoms with Crippen molar-refractivity contribution in [3.05, 3.63) is 82.9 Å². The van der Waals surface area contributed by atoms with Gasteiger partial charge in [-0.1, -0.05) is 37.1 Å². The standard InChI is InChI=1S/C35H46N2O3/c1-4-37(26(2)27-12-15-32(16-13-27)40-22-21-36-19-7-5-6-8-20-36)35-25-33(39-3)17-18-34(35)30-10-9-29-24-31(38)14-11-28(29)23-30/h11-18,24-26,30,38H,4-10,19-23H2,1-3H3/t26?,30-/m1/s1. The van der Waals surface area contributed by atoms with E-state index in [-0.39, 0.29) is 6.04 Å². The van der Waals surface area contributed by atoms with E-state index in [9.17, 15) is 5.11 Å². The number of phenolic OH excluding ortho intramolecular Hbond substituents is 1. The van der Waals surface area contributed by atoms with E-state index < -0.39 is 0 Å². The first-order chi connectivity index (χ1) is 19.6. The van der Waals surface area contributed by atoms with E-state index in [0.29, 0.717) is 11.7 Å². The molecule has 1 N–H and O–H groups in total. The number of phenols is 1. The summed E-state index contributed by atoms with van der Waals surface area (Å²) < 4.78 is 11.8. The Morgan fingerprint density at radius 2 is 1.68 bits per heavy atom. The summed E-state index contributed by atoms with van der Waals surface area (Å²) in [6.07, 6.45) is 8.41. The third-order valence-electron chi connectivity index (χ3n) is 8.95. The number of aryl methyl sites for hydroxylation is 1. The Kier molecular flexibility index (Phi) is 9.53. The van der Waals surface area contributed by atoms with Gasteiger partial charge in [-0.3, -0.25) is 4.90 Å². The number of nitrogens with zero attached hydrogens (tertiary/aromatic N) is 2. The maximum Gasteiger partial charge on any atom is 0.120 e. The average Bonchev–Trinajstić information content (AvgIpc) is 3.26. The molecule has 0 aromatic heterocycles. The number of benzene rings is 3. The fourth-order valence-corrected chi connectivity index (χ4v) is 6.58. The summed E-state index contributed by atoms with van der Waals surface area (Å²) in [6.45, 7) is 9.58. The molecule has 1 aliphatic heterocycles. The van der Waals surface area contributed by atoms with Gasteiger partial charge in [-0.25, -0.2) is 0 Å². The van der Waals surface area contributed by atoms with E-state index in [1.54, 1.807) is 7.11 Å². The second kappa shape index (κ2) is 13.5. The van der Waals surface area contributed by atoms with Gasteiger partial charge in [-0.2, -0.15) is 0 Å². The zero-order valence-electron chi connectivity index (χ0n) is 24.6. The number of aromatic hydroxyl groups is 1. The van der Waals surface area contributed by atoms with Crippen LogP contribution in [0.1, 0.15) is 80.2 Å². The third-order valence-corrected chi connectivity index (χ3v) is 8.95. The molecule has 0 radical (unpaired) electrons. The Hall–Kier alpha value is -3.18. The topological polar surface area (TPSA) is 45.2 Å². The Morgan fingerprint density at radius 3 is 2.40 bits per heavy atom. The monoisotopic (exact) mass is 542 g/mol. The van der Waals surface area contributed by atoms with Crippen molar-refractivity contribution >= 4 is 5.69 Å². The van der Waals surface area contributed by atoms with Crippen LogP contribution in [0.4, 0.5) is 5.69 Å². The number of ether oxygens (including phenoxy) is 2. The molecule has 40 heavy (non-hydrogen) atoms. The highest BCUT2D eigenvalue weighted by atomic mass is 16.5. The zero-order valence-corrected chi connectivity index (χ0v) is 24.6. The first kappa shape index (κ1) is 28.4. The molecule has 1 unspecified atom stereocenters. The van der Waals surface area contributed by atoms with Crippen LogP contribution in [0.15, 0.2) is 60.7 Å². The van der Waals surface area contributed by atoms with Gasteiger partial charge in [0.2, 0.25) is 0 Å². The maximum absolute atomic E-state index is 9.94. The van der Waals surface area contributed by atoms with Crippen molar-refractivity contribution in [3.63, 3.8) is 0 Å². The fraction of sp³-hybridized carbons (Fsp3) is 0.486. The van der Waals surface area contributed by atoms with Gasteiger partial charge in [-0.05, 0) is 118 Å². The van der Waals surface area contributed by atoms with Gasteiger partial charge >= 0.3 is 0 Å². The Bertz CT molecular complexity index is 1230. The van der Waals surface area contributed by atoms with Gasteiger partial charge in [0.1, 0.15) is 23.9 Å². The van der Waals surface area contributed by atoms with Crippen LogP contribution >= 0.6 is 0 Å². The first-order valence-corrected chi connectivity index (χ1v) is 15.3. The molecule has 1 fully saturated rings. The highest BCUT2D eigenvalue weighted by Gasteiger charge is 2.26. The first-order valence-electron chi connectivity index (χ1n) is 15.3. The number of hydrogen-bond donors (Lipinski definition) is 1. The molecular weight excluding hydrogens is 496 g/mol.